The Hall–Kier alpha value is -2.93. The Morgan fingerprint density at radius 1 is 0.966 bits per heavy atom. The molecule has 5 rings (SSSR count). The van der Waals surface area contributed by atoms with Crippen molar-refractivity contribution in [1.29, 1.82) is 5.41 Å². The lowest BCUT2D eigenvalue weighted by Crippen LogP contribution is -2.32. The Morgan fingerprint density at radius 3 is 2.41 bits per heavy atom. The number of nitrogens with one attached hydrogen (secondary N) is 2. The molecule has 0 radical (unpaired) electrons. The van der Waals surface area contributed by atoms with Crippen LogP contribution < -0.4 is 5.49 Å². The van der Waals surface area contributed by atoms with Gasteiger partial charge in [0.15, 0.2) is 5.49 Å². The van der Waals surface area contributed by atoms with E-state index in [9.17, 15) is 8.42 Å². The molecule has 2 aromatic carbocycles. The van der Waals surface area contributed by atoms with Crippen LogP contribution in [-0.4, -0.2) is 23.0 Å². The summed E-state index contributed by atoms with van der Waals surface area (Å²) in [6, 6.07) is 16.1. The first-order valence-electron chi connectivity index (χ1n) is 9.95. The summed E-state index contributed by atoms with van der Waals surface area (Å²) in [5.74, 6) is 0. The first kappa shape index (κ1) is 18.1. The molecule has 1 aliphatic rings. The lowest BCUT2D eigenvalue weighted by Gasteiger charge is -2.26. The molecule has 29 heavy (non-hydrogen) atoms. The maximum atomic E-state index is 13.4. The zero-order valence-electron chi connectivity index (χ0n) is 15.9. The molecule has 2 heterocycles. The zero-order valence-corrected chi connectivity index (χ0v) is 16.7. The molecule has 0 amide bonds. The third-order valence-corrected chi connectivity index (χ3v) is 7.49. The number of para-hydroxylation sites is 1. The van der Waals surface area contributed by atoms with E-state index in [2.05, 4.69) is 9.97 Å². The number of rotatable bonds is 3. The Labute approximate surface area is 168 Å². The van der Waals surface area contributed by atoms with Crippen molar-refractivity contribution in [3.05, 3.63) is 60.1 Å². The van der Waals surface area contributed by atoms with Crippen LogP contribution in [0.15, 0.2) is 64.5 Å². The standard InChI is InChI=1S/C22H22N4O2S/c23-20-22(29(27,28)16-11-5-2-6-12-16)25-19-17-13-7-8-14-18(17)24-21(19)26(20)15-9-3-1-4-10-15/h2,5-8,11-15,23-24H,1,3-4,9-10H2. The summed E-state index contributed by atoms with van der Waals surface area (Å²) in [4.78, 5) is 8.09. The van der Waals surface area contributed by atoms with Crippen LogP contribution in [0, 0.1) is 5.41 Å². The van der Waals surface area contributed by atoms with Gasteiger partial charge >= 0.3 is 0 Å². The van der Waals surface area contributed by atoms with Crippen LogP contribution in [0.4, 0.5) is 0 Å². The van der Waals surface area contributed by atoms with Gasteiger partial charge in [-0.15, -0.1) is 0 Å². The van der Waals surface area contributed by atoms with Crippen molar-refractivity contribution >= 4 is 31.9 Å². The molecule has 148 valence electrons. The monoisotopic (exact) mass is 406 g/mol. The third-order valence-electron chi connectivity index (χ3n) is 5.81. The fraction of sp³-hybridized carbons (Fsp3) is 0.273. The molecule has 1 aliphatic carbocycles. The van der Waals surface area contributed by atoms with Crippen LogP contribution in [0.3, 0.4) is 0 Å². The van der Waals surface area contributed by atoms with Crippen LogP contribution in [0.2, 0.25) is 0 Å². The zero-order chi connectivity index (χ0) is 20.0. The topological polar surface area (TPSA) is 91.6 Å². The van der Waals surface area contributed by atoms with E-state index in [0.29, 0.717) is 5.52 Å². The predicted octanol–water partition coefficient (Wildman–Crippen LogP) is 4.34. The SMILES string of the molecule is N=c1c(S(=O)(=O)c2ccccc2)nc2c3ccccc3[nH]c2n1C1CCCCC1. The first-order chi connectivity index (χ1) is 14.1. The quantitative estimate of drug-likeness (QED) is 0.530. The first-order valence-corrected chi connectivity index (χ1v) is 11.4. The van der Waals surface area contributed by atoms with E-state index in [1.165, 1.54) is 6.42 Å². The van der Waals surface area contributed by atoms with Gasteiger partial charge < -0.3 is 9.55 Å². The summed E-state index contributed by atoms with van der Waals surface area (Å²) in [5.41, 5.74) is 2.19. The predicted molar refractivity (Wildman–Crippen MR) is 111 cm³/mol. The minimum absolute atomic E-state index is 0.0418. The maximum Gasteiger partial charge on any atom is 0.227 e. The van der Waals surface area contributed by atoms with Crippen molar-refractivity contribution in [3.63, 3.8) is 0 Å². The van der Waals surface area contributed by atoms with Crippen molar-refractivity contribution in [2.75, 3.05) is 0 Å². The summed E-state index contributed by atoms with van der Waals surface area (Å²) in [6.07, 6.45) is 5.23. The second-order valence-corrected chi connectivity index (χ2v) is 9.48. The second kappa shape index (κ2) is 6.84. The molecule has 0 bridgehead atoms. The molecule has 0 unspecified atom stereocenters. The normalized spacial score (nSPS) is 15.9. The highest BCUT2D eigenvalue weighted by Crippen LogP contribution is 2.32. The highest BCUT2D eigenvalue weighted by atomic mass is 32.2. The van der Waals surface area contributed by atoms with Crippen LogP contribution in [0.25, 0.3) is 22.1 Å². The van der Waals surface area contributed by atoms with Crippen molar-refractivity contribution in [1.82, 2.24) is 14.5 Å². The molecule has 0 saturated heterocycles. The van der Waals surface area contributed by atoms with Crippen LogP contribution >= 0.6 is 0 Å². The molecule has 6 nitrogen and oxygen atoms in total. The number of aromatic nitrogens is 3. The molecule has 2 N–H and O–H groups in total. The third kappa shape index (κ3) is 2.88. The van der Waals surface area contributed by atoms with E-state index in [0.717, 1.165) is 42.2 Å². The summed E-state index contributed by atoms with van der Waals surface area (Å²) < 4.78 is 28.6. The smallest absolute Gasteiger partial charge is 0.227 e. The minimum Gasteiger partial charge on any atom is -0.339 e. The van der Waals surface area contributed by atoms with E-state index >= 15 is 0 Å². The van der Waals surface area contributed by atoms with E-state index in [1.54, 1.807) is 30.3 Å². The number of benzene rings is 2. The van der Waals surface area contributed by atoms with Gasteiger partial charge in [-0.2, -0.15) is 0 Å². The van der Waals surface area contributed by atoms with Gasteiger partial charge in [0.2, 0.25) is 14.9 Å². The van der Waals surface area contributed by atoms with Gasteiger partial charge in [0, 0.05) is 16.9 Å². The van der Waals surface area contributed by atoms with Crippen LogP contribution in [-0.2, 0) is 9.84 Å². The molecule has 4 aromatic rings. The van der Waals surface area contributed by atoms with E-state index in [-0.39, 0.29) is 21.5 Å². The molecule has 0 spiro atoms. The summed E-state index contributed by atoms with van der Waals surface area (Å²) >= 11 is 0. The maximum absolute atomic E-state index is 13.4. The number of hydrogen-bond donors (Lipinski definition) is 2. The highest BCUT2D eigenvalue weighted by molar-refractivity contribution is 7.91. The van der Waals surface area contributed by atoms with Crippen LogP contribution in [0.5, 0.6) is 0 Å². The van der Waals surface area contributed by atoms with Gasteiger partial charge in [-0.3, -0.25) is 5.41 Å². The molecule has 0 aliphatic heterocycles. The second-order valence-electron chi connectivity index (χ2n) is 7.61. The lowest BCUT2D eigenvalue weighted by molar-refractivity contribution is 0.346. The fourth-order valence-electron chi connectivity index (χ4n) is 4.37. The van der Waals surface area contributed by atoms with E-state index in [4.69, 9.17) is 5.41 Å². The minimum atomic E-state index is -3.90. The van der Waals surface area contributed by atoms with Crippen molar-refractivity contribution in [2.24, 2.45) is 0 Å². The Balaban J connectivity index is 1.87. The number of hydrogen-bond acceptors (Lipinski definition) is 4. The van der Waals surface area contributed by atoms with E-state index < -0.39 is 9.84 Å². The van der Waals surface area contributed by atoms with Crippen molar-refractivity contribution < 1.29 is 8.42 Å². The Kier molecular flexibility index (Phi) is 4.28. The van der Waals surface area contributed by atoms with Crippen molar-refractivity contribution in [2.45, 2.75) is 48.1 Å². The number of nitrogens with zero attached hydrogens (tertiary/aromatic N) is 2. The molecular formula is C22H22N4O2S. The average Bonchev–Trinajstić information content (AvgIpc) is 3.12. The number of sulfone groups is 1. The van der Waals surface area contributed by atoms with Gasteiger partial charge in [-0.1, -0.05) is 55.7 Å². The van der Waals surface area contributed by atoms with Gasteiger partial charge in [0.25, 0.3) is 0 Å². The highest BCUT2D eigenvalue weighted by Gasteiger charge is 2.28. The molecule has 1 fully saturated rings. The molecule has 7 heteroatoms. The van der Waals surface area contributed by atoms with Gasteiger partial charge in [0.05, 0.1) is 4.90 Å². The van der Waals surface area contributed by atoms with Gasteiger partial charge in [0.1, 0.15) is 11.2 Å². The van der Waals surface area contributed by atoms with Crippen molar-refractivity contribution in [3.8, 4) is 0 Å². The number of fused-ring (bicyclic) bond motifs is 3. The molecular weight excluding hydrogens is 384 g/mol. The van der Waals surface area contributed by atoms with Gasteiger partial charge in [-0.25, -0.2) is 13.4 Å². The molecule has 2 aromatic heterocycles. The Morgan fingerprint density at radius 2 is 1.66 bits per heavy atom. The van der Waals surface area contributed by atoms with E-state index in [1.807, 2.05) is 28.8 Å². The largest absolute Gasteiger partial charge is 0.339 e. The lowest BCUT2D eigenvalue weighted by atomic mass is 9.95. The van der Waals surface area contributed by atoms with Crippen LogP contribution in [0.1, 0.15) is 38.1 Å². The van der Waals surface area contributed by atoms with Gasteiger partial charge in [-0.05, 0) is 31.0 Å². The summed E-state index contributed by atoms with van der Waals surface area (Å²) in [6.45, 7) is 0. The number of aromatic amines is 1. The Bertz CT molecular complexity index is 1360. The summed E-state index contributed by atoms with van der Waals surface area (Å²) in [5, 5.41) is 9.54. The molecule has 1 saturated carbocycles. The number of H-pyrrole nitrogens is 1. The fourth-order valence-corrected chi connectivity index (χ4v) is 5.68. The molecule has 0 atom stereocenters. The summed E-state index contributed by atoms with van der Waals surface area (Å²) in [7, 11) is -3.90. The average molecular weight is 407 g/mol.